The number of rotatable bonds is 4. The molecule has 6 heteroatoms. The predicted molar refractivity (Wildman–Crippen MR) is 101 cm³/mol. The van der Waals surface area contributed by atoms with E-state index in [1.54, 1.807) is 12.1 Å². The summed E-state index contributed by atoms with van der Waals surface area (Å²) in [5.41, 5.74) is 1.02. The fraction of sp³-hybridized carbons (Fsp3) is 0.300. The van der Waals surface area contributed by atoms with Crippen molar-refractivity contribution < 1.29 is 19.8 Å². The molecule has 0 heterocycles. The van der Waals surface area contributed by atoms with Gasteiger partial charge in [-0.25, -0.2) is 0 Å². The number of phenols is 2. The number of anilines is 2. The van der Waals surface area contributed by atoms with E-state index in [0.717, 1.165) is 0 Å². The van der Waals surface area contributed by atoms with E-state index >= 15 is 0 Å². The molecule has 0 saturated heterocycles. The molecule has 0 amide bonds. The average molecular weight is 354 g/mol. The summed E-state index contributed by atoms with van der Waals surface area (Å²) in [6, 6.07) is 5.98. The van der Waals surface area contributed by atoms with Crippen molar-refractivity contribution in [3.05, 3.63) is 46.5 Å². The molecule has 26 heavy (non-hydrogen) atoms. The Hall–Kier alpha value is -3.02. The molecule has 3 rings (SSSR count). The van der Waals surface area contributed by atoms with Gasteiger partial charge in [0.2, 0.25) is 11.6 Å². The summed E-state index contributed by atoms with van der Waals surface area (Å²) < 4.78 is 0. The number of hydrogen-bond acceptors (Lipinski definition) is 6. The van der Waals surface area contributed by atoms with Crippen LogP contribution in [0.1, 0.15) is 59.5 Å². The highest BCUT2D eigenvalue weighted by molar-refractivity contribution is 6.33. The molecule has 136 valence electrons. The van der Waals surface area contributed by atoms with Crippen molar-refractivity contribution in [2.45, 2.75) is 39.8 Å². The lowest BCUT2D eigenvalue weighted by molar-refractivity contribution is 0.0975. The van der Waals surface area contributed by atoms with Gasteiger partial charge in [0, 0.05) is 23.5 Å². The Morgan fingerprint density at radius 2 is 1.00 bits per heavy atom. The van der Waals surface area contributed by atoms with Crippen LogP contribution >= 0.6 is 0 Å². The van der Waals surface area contributed by atoms with Crippen LogP contribution in [0.5, 0.6) is 11.5 Å². The van der Waals surface area contributed by atoms with Gasteiger partial charge in [0.1, 0.15) is 11.5 Å². The summed E-state index contributed by atoms with van der Waals surface area (Å²) in [5, 5.41) is 26.8. The van der Waals surface area contributed by atoms with Gasteiger partial charge in [-0.05, 0) is 52.0 Å². The van der Waals surface area contributed by atoms with Crippen LogP contribution in [0, 0.1) is 0 Å². The standard InChI is InChI=1S/C20H22N2O4/c1-9(2)21-11-5-7-13(23)17-15(11)19(25)18-14(24)8-6-12(22-10(3)4)16(18)20(17)26/h5-10,21-24H,1-4H3. The van der Waals surface area contributed by atoms with Crippen molar-refractivity contribution in [2.24, 2.45) is 0 Å². The number of benzene rings is 2. The first-order valence-electron chi connectivity index (χ1n) is 8.56. The lowest BCUT2D eigenvalue weighted by Gasteiger charge is -2.25. The van der Waals surface area contributed by atoms with Gasteiger partial charge < -0.3 is 20.8 Å². The van der Waals surface area contributed by atoms with E-state index in [-0.39, 0.29) is 45.8 Å². The topological polar surface area (TPSA) is 98.7 Å². The van der Waals surface area contributed by atoms with Gasteiger partial charge in [-0.2, -0.15) is 0 Å². The van der Waals surface area contributed by atoms with Crippen molar-refractivity contribution in [3.63, 3.8) is 0 Å². The maximum atomic E-state index is 13.2. The summed E-state index contributed by atoms with van der Waals surface area (Å²) in [6.07, 6.45) is 0. The lowest BCUT2D eigenvalue weighted by Crippen LogP contribution is -2.26. The molecule has 0 unspecified atom stereocenters. The van der Waals surface area contributed by atoms with Crippen LogP contribution < -0.4 is 10.6 Å². The normalized spacial score (nSPS) is 13.0. The van der Waals surface area contributed by atoms with Crippen LogP contribution in [0.3, 0.4) is 0 Å². The molecule has 6 nitrogen and oxygen atoms in total. The minimum atomic E-state index is -0.487. The molecule has 1 aliphatic carbocycles. The van der Waals surface area contributed by atoms with Crippen LogP contribution in [0.4, 0.5) is 11.4 Å². The largest absolute Gasteiger partial charge is 0.507 e. The van der Waals surface area contributed by atoms with Crippen molar-refractivity contribution in [1.29, 1.82) is 0 Å². The number of aromatic hydroxyl groups is 2. The van der Waals surface area contributed by atoms with Crippen LogP contribution in [0.25, 0.3) is 0 Å². The number of carbonyl (C=O) groups is 2. The fourth-order valence-electron chi connectivity index (χ4n) is 3.23. The smallest absolute Gasteiger partial charge is 0.200 e. The zero-order valence-electron chi connectivity index (χ0n) is 15.2. The molecule has 0 aromatic heterocycles. The van der Waals surface area contributed by atoms with Gasteiger partial charge in [0.15, 0.2) is 0 Å². The molecular weight excluding hydrogens is 332 g/mol. The molecule has 2 aromatic carbocycles. The highest BCUT2D eigenvalue weighted by Gasteiger charge is 2.38. The molecular formula is C20H22N2O4. The molecule has 0 saturated carbocycles. The maximum Gasteiger partial charge on any atom is 0.200 e. The first-order chi connectivity index (χ1) is 12.2. The first kappa shape index (κ1) is 17.8. The maximum absolute atomic E-state index is 13.2. The minimum Gasteiger partial charge on any atom is -0.507 e. The summed E-state index contributed by atoms with van der Waals surface area (Å²) in [5.74, 6) is -1.48. The van der Waals surface area contributed by atoms with E-state index < -0.39 is 11.6 Å². The van der Waals surface area contributed by atoms with Crippen LogP contribution in [0.2, 0.25) is 0 Å². The van der Waals surface area contributed by atoms with Crippen molar-refractivity contribution >= 4 is 22.9 Å². The highest BCUT2D eigenvalue weighted by atomic mass is 16.3. The van der Waals surface area contributed by atoms with Crippen LogP contribution in [-0.4, -0.2) is 33.9 Å². The van der Waals surface area contributed by atoms with Gasteiger partial charge in [-0.3, -0.25) is 9.59 Å². The summed E-state index contributed by atoms with van der Waals surface area (Å²) >= 11 is 0. The quantitative estimate of drug-likeness (QED) is 0.535. The number of ketones is 2. The molecule has 0 radical (unpaired) electrons. The van der Waals surface area contributed by atoms with Gasteiger partial charge in [-0.1, -0.05) is 0 Å². The summed E-state index contributed by atoms with van der Waals surface area (Å²) in [4.78, 5) is 26.4. The third-order valence-electron chi connectivity index (χ3n) is 4.16. The Kier molecular flexibility index (Phi) is 4.36. The lowest BCUT2D eigenvalue weighted by atomic mass is 9.81. The molecule has 1 aliphatic rings. The monoisotopic (exact) mass is 354 g/mol. The molecule has 0 spiro atoms. The molecule has 4 N–H and O–H groups in total. The summed E-state index contributed by atoms with van der Waals surface area (Å²) in [6.45, 7) is 7.63. The Morgan fingerprint density at radius 1 is 0.654 bits per heavy atom. The highest BCUT2D eigenvalue weighted by Crippen LogP contribution is 2.42. The molecule has 0 fully saturated rings. The third kappa shape index (κ3) is 2.77. The Bertz CT molecular complexity index is 841. The zero-order valence-corrected chi connectivity index (χ0v) is 15.2. The number of nitrogens with one attached hydrogen (secondary N) is 2. The van der Waals surface area contributed by atoms with E-state index in [0.29, 0.717) is 11.4 Å². The van der Waals surface area contributed by atoms with E-state index in [2.05, 4.69) is 10.6 Å². The first-order valence-corrected chi connectivity index (χ1v) is 8.56. The Labute approximate surface area is 151 Å². The molecule has 0 atom stereocenters. The van der Waals surface area contributed by atoms with Gasteiger partial charge in [0.25, 0.3) is 0 Å². The minimum absolute atomic E-state index is 0.0236. The second-order valence-electron chi connectivity index (χ2n) is 7.02. The van der Waals surface area contributed by atoms with E-state index in [4.69, 9.17) is 0 Å². The third-order valence-corrected chi connectivity index (χ3v) is 4.16. The number of carbonyl (C=O) groups excluding carboxylic acids is 2. The van der Waals surface area contributed by atoms with Crippen molar-refractivity contribution in [2.75, 3.05) is 10.6 Å². The van der Waals surface area contributed by atoms with Crippen molar-refractivity contribution in [1.82, 2.24) is 0 Å². The molecule has 0 bridgehead atoms. The molecule has 2 aromatic rings. The SMILES string of the molecule is CC(C)Nc1ccc(O)c2c1C(=O)c1c(O)ccc(NC(C)C)c1C2=O. The average Bonchev–Trinajstić information content (AvgIpc) is 2.54. The fourth-order valence-corrected chi connectivity index (χ4v) is 3.23. The Morgan fingerprint density at radius 3 is 1.31 bits per heavy atom. The van der Waals surface area contributed by atoms with E-state index in [1.807, 2.05) is 27.7 Å². The van der Waals surface area contributed by atoms with Crippen LogP contribution in [-0.2, 0) is 0 Å². The zero-order chi connectivity index (χ0) is 19.2. The molecule has 0 aliphatic heterocycles. The number of hydrogen-bond donors (Lipinski definition) is 4. The van der Waals surface area contributed by atoms with Crippen LogP contribution in [0.15, 0.2) is 24.3 Å². The number of phenolic OH excluding ortho intramolecular Hbond substituents is 2. The van der Waals surface area contributed by atoms with Gasteiger partial charge in [0.05, 0.1) is 22.3 Å². The Balaban J connectivity index is 2.30. The van der Waals surface area contributed by atoms with Gasteiger partial charge in [-0.15, -0.1) is 0 Å². The predicted octanol–water partition coefficient (Wildman–Crippen LogP) is 3.51. The van der Waals surface area contributed by atoms with E-state index in [1.165, 1.54) is 12.1 Å². The summed E-state index contributed by atoms with van der Waals surface area (Å²) in [7, 11) is 0. The second-order valence-corrected chi connectivity index (χ2v) is 7.02. The number of fused-ring (bicyclic) bond motifs is 2. The van der Waals surface area contributed by atoms with Crippen molar-refractivity contribution in [3.8, 4) is 11.5 Å². The van der Waals surface area contributed by atoms with Gasteiger partial charge >= 0.3 is 0 Å². The van der Waals surface area contributed by atoms with E-state index in [9.17, 15) is 19.8 Å². The second kappa shape index (κ2) is 6.37.